The van der Waals surface area contributed by atoms with Crippen molar-refractivity contribution in [2.75, 3.05) is 0 Å². The first-order valence-corrected chi connectivity index (χ1v) is 7.12. The van der Waals surface area contributed by atoms with E-state index >= 15 is 0 Å². The fraction of sp³-hybridized carbons (Fsp3) is 0.111. The highest BCUT2D eigenvalue weighted by molar-refractivity contribution is 5.95. The molecule has 2 aromatic carbocycles. The molecular formula is C18H15NO4. The van der Waals surface area contributed by atoms with E-state index in [4.69, 9.17) is 9.26 Å². The first-order valence-electron chi connectivity index (χ1n) is 7.12. The number of carboxylic acids is 1. The highest BCUT2D eigenvalue weighted by Crippen LogP contribution is 2.28. The summed E-state index contributed by atoms with van der Waals surface area (Å²) in [4.78, 5) is 11.3. The number of hydrogen-bond acceptors (Lipinski definition) is 4. The monoisotopic (exact) mass is 309 g/mol. The largest absolute Gasteiger partial charge is 0.489 e. The van der Waals surface area contributed by atoms with Gasteiger partial charge < -0.3 is 14.4 Å². The Labute approximate surface area is 133 Å². The number of benzene rings is 2. The van der Waals surface area contributed by atoms with Crippen molar-refractivity contribution in [3.8, 4) is 17.0 Å². The van der Waals surface area contributed by atoms with E-state index in [2.05, 4.69) is 5.16 Å². The first kappa shape index (κ1) is 14.8. The molecule has 0 saturated carbocycles. The molecule has 0 radical (unpaired) electrons. The van der Waals surface area contributed by atoms with Crippen molar-refractivity contribution in [2.45, 2.75) is 13.5 Å². The van der Waals surface area contributed by atoms with Gasteiger partial charge >= 0.3 is 5.97 Å². The van der Waals surface area contributed by atoms with E-state index in [1.807, 2.05) is 36.4 Å². The van der Waals surface area contributed by atoms with Crippen molar-refractivity contribution in [3.63, 3.8) is 0 Å². The van der Waals surface area contributed by atoms with Gasteiger partial charge in [-0.05, 0) is 24.6 Å². The Hall–Kier alpha value is -3.08. The number of nitrogens with zero attached hydrogens (tertiary/aromatic N) is 1. The lowest BCUT2D eigenvalue weighted by molar-refractivity contribution is 0.0695. The van der Waals surface area contributed by atoms with E-state index in [0.29, 0.717) is 23.6 Å². The van der Waals surface area contributed by atoms with Crippen molar-refractivity contribution in [1.82, 2.24) is 5.16 Å². The van der Waals surface area contributed by atoms with E-state index in [0.717, 1.165) is 5.56 Å². The molecule has 1 heterocycles. The second-order valence-electron chi connectivity index (χ2n) is 5.07. The summed E-state index contributed by atoms with van der Waals surface area (Å²) >= 11 is 0. The first-order chi connectivity index (χ1) is 11.1. The standard InChI is InChI=1S/C18H15NO4/c1-12-16(18(20)21)17(19-23-12)14-8-5-9-15(10-14)22-11-13-6-3-2-4-7-13/h2-10H,11H2,1H3,(H,20,21). The maximum atomic E-state index is 11.3. The molecule has 0 aliphatic rings. The van der Waals surface area contributed by atoms with Gasteiger partial charge in [-0.25, -0.2) is 4.79 Å². The number of rotatable bonds is 5. The molecule has 0 spiro atoms. The maximum Gasteiger partial charge on any atom is 0.341 e. The number of ether oxygens (including phenoxy) is 1. The summed E-state index contributed by atoms with van der Waals surface area (Å²) in [5, 5.41) is 13.1. The van der Waals surface area contributed by atoms with E-state index in [-0.39, 0.29) is 11.3 Å². The molecule has 0 aliphatic heterocycles. The van der Waals surface area contributed by atoms with Crippen LogP contribution in [0, 0.1) is 6.92 Å². The summed E-state index contributed by atoms with van der Waals surface area (Å²) in [5.41, 5.74) is 2.08. The van der Waals surface area contributed by atoms with Gasteiger partial charge in [0.2, 0.25) is 0 Å². The van der Waals surface area contributed by atoms with Crippen molar-refractivity contribution in [3.05, 3.63) is 71.5 Å². The lowest BCUT2D eigenvalue weighted by Gasteiger charge is -2.07. The number of hydrogen-bond donors (Lipinski definition) is 1. The van der Waals surface area contributed by atoms with Gasteiger partial charge in [-0.3, -0.25) is 0 Å². The zero-order valence-corrected chi connectivity index (χ0v) is 12.5. The predicted octanol–water partition coefficient (Wildman–Crippen LogP) is 3.93. The SMILES string of the molecule is Cc1onc(-c2cccc(OCc3ccccc3)c2)c1C(=O)O. The molecule has 5 nitrogen and oxygen atoms in total. The Morgan fingerprint density at radius 2 is 1.96 bits per heavy atom. The van der Waals surface area contributed by atoms with E-state index in [1.54, 1.807) is 25.1 Å². The zero-order chi connectivity index (χ0) is 16.2. The summed E-state index contributed by atoms with van der Waals surface area (Å²) in [6.07, 6.45) is 0. The Morgan fingerprint density at radius 1 is 1.17 bits per heavy atom. The molecule has 23 heavy (non-hydrogen) atoms. The Kier molecular flexibility index (Phi) is 4.10. The van der Waals surface area contributed by atoms with Crippen molar-refractivity contribution >= 4 is 5.97 Å². The van der Waals surface area contributed by atoms with Crippen molar-refractivity contribution in [2.24, 2.45) is 0 Å². The van der Waals surface area contributed by atoms with Crippen LogP contribution in [0.1, 0.15) is 21.7 Å². The molecule has 1 aromatic heterocycles. The molecule has 0 fully saturated rings. The molecule has 0 unspecified atom stereocenters. The second-order valence-corrected chi connectivity index (χ2v) is 5.07. The lowest BCUT2D eigenvalue weighted by atomic mass is 10.1. The average Bonchev–Trinajstić information content (AvgIpc) is 2.96. The summed E-state index contributed by atoms with van der Waals surface area (Å²) in [6, 6.07) is 17.0. The number of aryl methyl sites for hydroxylation is 1. The minimum atomic E-state index is -1.06. The summed E-state index contributed by atoms with van der Waals surface area (Å²) in [5.74, 6) is -0.138. The fourth-order valence-corrected chi connectivity index (χ4v) is 2.30. The molecule has 0 aliphatic carbocycles. The van der Waals surface area contributed by atoms with Crippen LogP contribution in [0.25, 0.3) is 11.3 Å². The van der Waals surface area contributed by atoms with Gasteiger partial charge in [-0.2, -0.15) is 0 Å². The molecule has 0 bridgehead atoms. The van der Waals surface area contributed by atoms with E-state index < -0.39 is 5.97 Å². The van der Waals surface area contributed by atoms with Crippen LogP contribution in [-0.2, 0) is 6.61 Å². The van der Waals surface area contributed by atoms with Gasteiger partial charge in [0.15, 0.2) is 0 Å². The van der Waals surface area contributed by atoms with Gasteiger partial charge in [-0.15, -0.1) is 0 Å². The maximum absolute atomic E-state index is 11.3. The summed E-state index contributed by atoms with van der Waals surface area (Å²) in [7, 11) is 0. The average molecular weight is 309 g/mol. The van der Waals surface area contributed by atoms with Crippen LogP contribution >= 0.6 is 0 Å². The Morgan fingerprint density at radius 3 is 2.70 bits per heavy atom. The fourth-order valence-electron chi connectivity index (χ4n) is 2.30. The topological polar surface area (TPSA) is 72.6 Å². The highest BCUT2D eigenvalue weighted by atomic mass is 16.5. The highest BCUT2D eigenvalue weighted by Gasteiger charge is 2.21. The third-order valence-corrected chi connectivity index (χ3v) is 3.43. The van der Waals surface area contributed by atoms with E-state index in [9.17, 15) is 9.90 Å². The van der Waals surface area contributed by atoms with Gasteiger partial charge in [-0.1, -0.05) is 47.6 Å². The summed E-state index contributed by atoms with van der Waals surface area (Å²) < 4.78 is 10.8. The summed E-state index contributed by atoms with van der Waals surface area (Å²) in [6.45, 7) is 2.02. The number of carboxylic acid groups (broad SMARTS) is 1. The lowest BCUT2D eigenvalue weighted by Crippen LogP contribution is -1.99. The normalized spacial score (nSPS) is 10.5. The number of aromatic nitrogens is 1. The minimum absolute atomic E-state index is 0.0743. The van der Waals surface area contributed by atoms with Crippen LogP contribution in [0.4, 0.5) is 0 Å². The zero-order valence-electron chi connectivity index (χ0n) is 12.5. The van der Waals surface area contributed by atoms with Crippen LogP contribution in [0.15, 0.2) is 59.1 Å². The molecular weight excluding hydrogens is 294 g/mol. The molecule has 5 heteroatoms. The minimum Gasteiger partial charge on any atom is -0.489 e. The van der Waals surface area contributed by atoms with Crippen molar-refractivity contribution < 1.29 is 19.2 Å². The smallest absolute Gasteiger partial charge is 0.341 e. The van der Waals surface area contributed by atoms with Crippen LogP contribution < -0.4 is 4.74 Å². The molecule has 0 saturated heterocycles. The van der Waals surface area contributed by atoms with Gasteiger partial charge in [0.1, 0.15) is 29.4 Å². The van der Waals surface area contributed by atoms with Crippen LogP contribution in [-0.4, -0.2) is 16.2 Å². The van der Waals surface area contributed by atoms with Crippen molar-refractivity contribution in [1.29, 1.82) is 0 Å². The second kappa shape index (κ2) is 6.36. The molecule has 0 atom stereocenters. The molecule has 0 amide bonds. The Bertz CT molecular complexity index is 824. The molecule has 3 rings (SSSR count). The van der Waals surface area contributed by atoms with Crippen LogP contribution in [0.2, 0.25) is 0 Å². The Balaban J connectivity index is 1.84. The molecule has 3 aromatic rings. The third kappa shape index (κ3) is 3.23. The van der Waals surface area contributed by atoms with E-state index in [1.165, 1.54) is 0 Å². The van der Waals surface area contributed by atoms with Gasteiger partial charge in [0, 0.05) is 5.56 Å². The third-order valence-electron chi connectivity index (χ3n) is 3.43. The van der Waals surface area contributed by atoms with Crippen LogP contribution in [0.5, 0.6) is 5.75 Å². The van der Waals surface area contributed by atoms with Gasteiger partial charge in [0.25, 0.3) is 0 Å². The molecule has 116 valence electrons. The predicted molar refractivity (Wildman–Crippen MR) is 84.4 cm³/mol. The quantitative estimate of drug-likeness (QED) is 0.773. The number of carbonyl (C=O) groups is 1. The number of aromatic carboxylic acids is 1. The van der Waals surface area contributed by atoms with Gasteiger partial charge in [0.05, 0.1) is 0 Å². The van der Waals surface area contributed by atoms with Crippen LogP contribution in [0.3, 0.4) is 0 Å². The molecule has 1 N–H and O–H groups in total.